The predicted molar refractivity (Wildman–Crippen MR) is 88.7 cm³/mol. The van der Waals surface area contributed by atoms with Gasteiger partial charge in [0.2, 0.25) is 5.91 Å². The van der Waals surface area contributed by atoms with Crippen molar-refractivity contribution < 1.29 is 30.0 Å². The van der Waals surface area contributed by atoms with Crippen molar-refractivity contribution in [3.63, 3.8) is 0 Å². The number of aliphatic hydroxyl groups is 4. The van der Waals surface area contributed by atoms with E-state index in [-0.39, 0.29) is 0 Å². The van der Waals surface area contributed by atoms with E-state index in [1.165, 1.54) is 6.92 Å². The molecule has 1 aromatic rings. The van der Waals surface area contributed by atoms with Gasteiger partial charge in [0.25, 0.3) is 0 Å². The predicted octanol–water partition coefficient (Wildman–Crippen LogP) is -0.657. The van der Waals surface area contributed by atoms with Crippen LogP contribution in [0.1, 0.15) is 6.92 Å². The molecule has 2 rings (SSSR count). The number of hydrogen-bond acceptors (Lipinski definition) is 8. The first-order valence-electron chi connectivity index (χ1n) is 7.11. The molecule has 1 aliphatic rings. The first-order valence-corrected chi connectivity index (χ1v) is 7.52. The molecule has 9 heteroatoms. The molecule has 0 aliphatic carbocycles. The van der Waals surface area contributed by atoms with Gasteiger partial charge in [-0.2, -0.15) is 4.99 Å². The Bertz CT molecular complexity index is 566. The van der Waals surface area contributed by atoms with Gasteiger partial charge < -0.3 is 30.5 Å². The summed E-state index contributed by atoms with van der Waals surface area (Å²) >= 11 is 4.42. The van der Waals surface area contributed by atoms with Crippen molar-refractivity contribution in [2.45, 2.75) is 37.6 Å². The number of hydrogen-bond donors (Lipinski definition) is 5. The highest BCUT2D eigenvalue weighted by atomic mass is 32.1. The zero-order chi connectivity index (χ0) is 18.1. The Kier molecular flexibility index (Phi) is 8.66. The molecule has 0 bridgehead atoms. The van der Waals surface area contributed by atoms with Crippen molar-refractivity contribution in [3.05, 3.63) is 30.3 Å². The van der Waals surface area contributed by atoms with Gasteiger partial charge in [-0.3, -0.25) is 4.79 Å². The standard InChI is InChI=1S/C8H15NO6.C7H5NS/c1-3(11)9-5-7(13)6(12)4(2-10)15-8(5)14;9-6-8-7-4-2-1-3-5-7/h4-8,10,12-14H,2H2,1H3,(H,9,11);1-5H/t4-,5-,6-,7-,8-;/m1./s1. The van der Waals surface area contributed by atoms with E-state index in [1.807, 2.05) is 30.3 Å². The minimum atomic E-state index is -1.45. The van der Waals surface area contributed by atoms with Crippen LogP contribution in [0.15, 0.2) is 35.3 Å². The van der Waals surface area contributed by atoms with Crippen LogP contribution in [0.25, 0.3) is 0 Å². The van der Waals surface area contributed by atoms with Crippen LogP contribution in [0.5, 0.6) is 0 Å². The van der Waals surface area contributed by atoms with Gasteiger partial charge in [0.1, 0.15) is 24.4 Å². The Balaban J connectivity index is 0.000000272. The number of amides is 1. The third-order valence-corrected chi connectivity index (χ3v) is 3.29. The fraction of sp³-hybridized carbons (Fsp3) is 0.467. The van der Waals surface area contributed by atoms with Gasteiger partial charge in [0.05, 0.1) is 17.5 Å². The fourth-order valence-electron chi connectivity index (χ4n) is 2.04. The topological polar surface area (TPSA) is 132 Å². The number of nitrogens with zero attached hydrogens (tertiary/aromatic N) is 1. The molecule has 1 amide bonds. The number of nitrogens with one attached hydrogen (secondary N) is 1. The Morgan fingerprint density at radius 1 is 1.29 bits per heavy atom. The largest absolute Gasteiger partial charge is 0.394 e. The van der Waals surface area contributed by atoms with Crippen molar-refractivity contribution in [2.75, 3.05) is 6.61 Å². The zero-order valence-electron chi connectivity index (χ0n) is 12.9. The molecule has 24 heavy (non-hydrogen) atoms. The van der Waals surface area contributed by atoms with Gasteiger partial charge in [-0.15, -0.1) is 0 Å². The number of benzene rings is 1. The molecule has 1 fully saturated rings. The second kappa shape index (κ2) is 10.2. The maximum atomic E-state index is 10.7. The molecule has 132 valence electrons. The van der Waals surface area contributed by atoms with E-state index in [0.29, 0.717) is 0 Å². The molecule has 0 spiro atoms. The van der Waals surface area contributed by atoms with Gasteiger partial charge in [0.15, 0.2) is 6.29 Å². The molecule has 1 heterocycles. The number of para-hydroxylation sites is 1. The number of ether oxygens (including phenoxy) is 1. The highest BCUT2D eigenvalue weighted by molar-refractivity contribution is 7.78. The lowest BCUT2D eigenvalue weighted by atomic mass is 9.97. The summed E-state index contributed by atoms with van der Waals surface area (Å²) in [5.74, 6) is -0.462. The summed E-state index contributed by atoms with van der Waals surface area (Å²) in [5, 5.41) is 41.7. The Labute approximate surface area is 144 Å². The van der Waals surface area contributed by atoms with E-state index < -0.39 is 43.2 Å². The van der Waals surface area contributed by atoms with Crippen molar-refractivity contribution in [2.24, 2.45) is 4.99 Å². The number of rotatable bonds is 3. The minimum Gasteiger partial charge on any atom is -0.394 e. The Morgan fingerprint density at radius 3 is 2.42 bits per heavy atom. The lowest BCUT2D eigenvalue weighted by Crippen LogP contribution is -2.63. The van der Waals surface area contributed by atoms with E-state index in [9.17, 15) is 20.1 Å². The van der Waals surface area contributed by atoms with Crippen LogP contribution in [0.2, 0.25) is 0 Å². The van der Waals surface area contributed by atoms with Gasteiger partial charge in [-0.25, -0.2) is 0 Å². The zero-order valence-corrected chi connectivity index (χ0v) is 13.8. The maximum Gasteiger partial charge on any atom is 0.217 e. The first-order chi connectivity index (χ1) is 11.4. The molecule has 0 aromatic heterocycles. The average Bonchev–Trinajstić information content (AvgIpc) is 2.56. The van der Waals surface area contributed by atoms with Crippen molar-refractivity contribution >= 4 is 29.0 Å². The molecule has 1 aromatic carbocycles. The van der Waals surface area contributed by atoms with E-state index in [4.69, 9.17) is 9.84 Å². The number of thiocarbonyl (C=S) groups is 1. The van der Waals surface area contributed by atoms with Crippen LogP contribution < -0.4 is 5.32 Å². The van der Waals surface area contributed by atoms with Crippen LogP contribution in [0.3, 0.4) is 0 Å². The van der Waals surface area contributed by atoms with Gasteiger partial charge >= 0.3 is 0 Å². The highest BCUT2D eigenvalue weighted by Gasteiger charge is 2.43. The van der Waals surface area contributed by atoms with E-state index in [2.05, 4.69) is 27.7 Å². The van der Waals surface area contributed by atoms with Crippen LogP contribution in [0, 0.1) is 0 Å². The quantitative estimate of drug-likeness (QED) is 0.359. The maximum absolute atomic E-state index is 10.7. The van der Waals surface area contributed by atoms with Gasteiger partial charge in [-0.1, -0.05) is 18.2 Å². The molecule has 5 N–H and O–H groups in total. The third kappa shape index (κ3) is 6.06. The second-order valence-electron chi connectivity index (χ2n) is 4.99. The van der Waals surface area contributed by atoms with Crippen molar-refractivity contribution in [3.8, 4) is 0 Å². The van der Waals surface area contributed by atoms with Crippen LogP contribution in [0.4, 0.5) is 5.69 Å². The summed E-state index contributed by atoms with van der Waals surface area (Å²) in [4.78, 5) is 14.5. The summed E-state index contributed by atoms with van der Waals surface area (Å²) in [5.41, 5.74) is 0.854. The van der Waals surface area contributed by atoms with E-state index in [1.54, 1.807) is 0 Å². The van der Waals surface area contributed by atoms with Crippen LogP contribution >= 0.6 is 12.2 Å². The van der Waals surface area contributed by atoms with Gasteiger partial charge in [-0.05, 0) is 24.4 Å². The monoisotopic (exact) mass is 356 g/mol. The molecule has 1 saturated heterocycles. The van der Waals surface area contributed by atoms with E-state index >= 15 is 0 Å². The summed E-state index contributed by atoms with van der Waals surface area (Å²) in [6, 6.07) is 8.40. The number of isothiocyanates is 1. The molecule has 8 nitrogen and oxygen atoms in total. The fourth-order valence-corrected chi connectivity index (χ4v) is 2.15. The number of aliphatic imine (C=N–C) groups is 1. The summed E-state index contributed by atoms with van der Waals surface area (Å²) in [6.07, 6.45) is -5.24. The van der Waals surface area contributed by atoms with Crippen LogP contribution in [-0.4, -0.2) is 68.7 Å². The van der Waals surface area contributed by atoms with E-state index in [0.717, 1.165) is 5.69 Å². The average molecular weight is 356 g/mol. The summed E-state index contributed by atoms with van der Waals surface area (Å²) in [6.45, 7) is 0.687. The highest BCUT2D eigenvalue weighted by Crippen LogP contribution is 2.19. The second-order valence-corrected chi connectivity index (χ2v) is 5.18. The number of aliphatic hydroxyl groups excluding tert-OH is 4. The summed E-state index contributed by atoms with van der Waals surface area (Å²) < 4.78 is 4.81. The number of carbonyl (C=O) groups excluding carboxylic acids is 1. The minimum absolute atomic E-state index is 0.462. The molecular formula is C15H20N2O6S. The Morgan fingerprint density at radius 2 is 1.92 bits per heavy atom. The third-order valence-electron chi connectivity index (χ3n) is 3.20. The molecule has 0 unspecified atom stereocenters. The normalized spacial score (nSPS) is 28.8. The smallest absolute Gasteiger partial charge is 0.217 e. The number of carbonyl (C=O) groups is 1. The van der Waals surface area contributed by atoms with Crippen LogP contribution in [-0.2, 0) is 9.53 Å². The molecule has 1 aliphatic heterocycles. The molecular weight excluding hydrogens is 336 g/mol. The molecule has 5 atom stereocenters. The van der Waals surface area contributed by atoms with Crippen molar-refractivity contribution in [1.82, 2.24) is 5.32 Å². The molecule has 0 saturated carbocycles. The summed E-state index contributed by atoms with van der Waals surface area (Å²) in [7, 11) is 0. The van der Waals surface area contributed by atoms with Crippen molar-refractivity contribution in [1.29, 1.82) is 0 Å². The van der Waals surface area contributed by atoms with Gasteiger partial charge in [0, 0.05) is 6.92 Å². The molecule has 0 radical (unpaired) electrons. The lowest BCUT2D eigenvalue weighted by molar-refractivity contribution is -0.253. The Hall–Kier alpha value is -1.71. The first kappa shape index (κ1) is 20.3. The SMILES string of the molecule is CC(=O)N[C@@H]1[C@@H](O)[C@H](O)[C@@H](CO)O[C@H]1O.S=C=Nc1ccccc1. The lowest BCUT2D eigenvalue weighted by Gasteiger charge is -2.40.